The smallest absolute Gasteiger partial charge is 0.0678 e. The number of rotatable bonds is 3. The normalized spacial score (nSPS) is 36.8. The first-order valence-corrected chi connectivity index (χ1v) is 8.31. The minimum Gasteiger partial charge on any atom is -0.402 e. The van der Waals surface area contributed by atoms with E-state index in [2.05, 4.69) is 18.7 Å². The van der Waals surface area contributed by atoms with E-state index in [1.54, 1.807) is 0 Å². The van der Waals surface area contributed by atoms with Crippen molar-refractivity contribution in [3.63, 3.8) is 0 Å². The molecule has 0 bridgehead atoms. The number of aliphatic imine (C=N–C) groups is 1. The molecule has 1 aliphatic carbocycles. The summed E-state index contributed by atoms with van der Waals surface area (Å²) in [4.78, 5) is 7.34. The lowest BCUT2D eigenvalue weighted by Crippen LogP contribution is -2.51. The van der Waals surface area contributed by atoms with Crippen molar-refractivity contribution in [1.29, 1.82) is 0 Å². The first-order chi connectivity index (χ1) is 9.95. The monoisotopic (exact) mass is 293 g/mol. The van der Waals surface area contributed by atoms with E-state index < -0.39 is 0 Å². The summed E-state index contributed by atoms with van der Waals surface area (Å²) < 4.78 is 5.83. The predicted octanol–water partition coefficient (Wildman–Crippen LogP) is 2.73. The van der Waals surface area contributed by atoms with Crippen LogP contribution in [0.4, 0.5) is 0 Å². The molecule has 1 saturated carbocycles. The van der Waals surface area contributed by atoms with E-state index in [0.29, 0.717) is 18.2 Å². The molecule has 2 atom stereocenters. The third kappa shape index (κ3) is 4.82. The Morgan fingerprint density at radius 3 is 2.19 bits per heavy atom. The van der Waals surface area contributed by atoms with Crippen molar-refractivity contribution in [2.45, 2.75) is 77.7 Å². The van der Waals surface area contributed by atoms with Gasteiger partial charge in [0, 0.05) is 31.0 Å². The molecule has 120 valence electrons. The SMILES string of the molecule is CC(N)=C(C)C=NC1CCC(N2C[C@@H](C)O[C@@H](C)C2)CC1. The molecular weight excluding hydrogens is 262 g/mol. The van der Waals surface area contributed by atoms with Crippen LogP contribution in [0.25, 0.3) is 0 Å². The summed E-state index contributed by atoms with van der Waals surface area (Å²) in [5, 5.41) is 0. The molecule has 1 aliphatic heterocycles. The van der Waals surface area contributed by atoms with Crippen LogP contribution in [0.1, 0.15) is 53.4 Å². The molecule has 0 unspecified atom stereocenters. The van der Waals surface area contributed by atoms with Gasteiger partial charge < -0.3 is 10.5 Å². The van der Waals surface area contributed by atoms with Crippen molar-refractivity contribution in [3.05, 3.63) is 11.3 Å². The highest BCUT2D eigenvalue weighted by atomic mass is 16.5. The number of allylic oxidation sites excluding steroid dienone is 2. The fourth-order valence-corrected chi connectivity index (χ4v) is 3.41. The number of hydrogen-bond acceptors (Lipinski definition) is 4. The standard InChI is InChI=1S/C17H31N3O/c1-12(15(4)18)9-19-16-5-7-17(8-6-16)20-10-13(2)21-14(3)11-20/h9,13-14,16-17H,5-8,10-11,18H2,1-4H3/t13-,14+,16?,17?. The number of morpholine rings is 1. The topological polar surface area (TPSA) is 50.8 Å². The average Bonchev–Trinajstić information content (AvgIpc) is 2.44. The molecule has 4 nitrogen and oxygen atoms in total. The summed E-state index contributed by atoms with van der Waals surface area (Å²) in [6.45, 7) is 10.5. The second kappa shape index (κ2) is 7.41. The molecule has 2 aliphatic rings. The van der Waals surface area contributed by atoms with E-state index in [1.807, 2.05) is 20.1 Å². The predicted molar refractivity (Wildman–Crippen MR) is 88.7 cm³/mol. The lowest BCUT2D eigenvalue weighted by molar-refractivity contribution is -0.0843. The fraction of sp³-hybridized carbons (Fsp3) is 0.824. The van der Waals surface area contributed by atoms with Gasteiger partial charge in [-0.1, -0.05) is 0 Å². The second-order valence-electron chi connectivity index (χ2n) is 6.82. The van der Waals surface area contributed by atoms with Gasteiger partial charge in [-0.3, -0.25) is 9.89 Å². The van der Waals surface area contributed by atoms with Gasteiger partial charge in [-0.2, -0.15) is 0 Å². The molecule has 2 N–H and O–H groups in total. The number of nitrogens with two attached hydrogens (primary N) is 1. The summed E-state index contributed by atoms with van der Waals surface area (Å²) in [6, 6.07) is 1.20. The van der Waals surface area contributed by atoms with Gasteiger partial charge in [0.05, 0.1) is 18.2 Å². The highest BCUT2D eigenvalue weighted by molar-refractivity contribution is 5.78. The van der Waals surface area contributed by atoms with Crippen LogP contribution in [0.5, 0.6) is 0 Å². The number of hydrogen-bond donors (Lipinski definition) is 1. The minimum absolute atomic E-state index is 0.366. The molecule has 0 aromatic rings. The first kappa shape index (κ1) is 16.5. The average molecular weight is 293 g/mol. The molecular formula is C17H31N3O. The molecule has 2 rings (SSSR count). The molecule has 0 aromatic heterocycles. The zero-order valence-electron chi connectivity index (χ0n) is 14.0. The Morgan fingerprint density at radius 2 is 1.67 bits per heavy atom. The van der Waals surface area contributed by atoms with Crippen LogP contribution < -0.4 is 5.73 Å². The van der Waals surface area contributed by atoms with Gasteiger partial charge in [0.15, 0.2) is 0 Å². The van der Waals surface area contributed by atoms with E-state index in [1.165, 1.54) is 25.7 Å². The van der Waals surface area contributed by atoms with E-state index in [9.17, 15) is 0 Å². The highest BCUT2D eigenvalue weighted by Gasteiger charge is 2.30. The van der Waals surface area contributed by atoms with Crippen LogP contribution in [0.2, 0.25) is 0 Å². The number of nitrogens with zero attached hydrogens (tertiary/aromatic N) is 2. The van der Waals surface area contributed by atoms with Gasteiger partial charge in [-0.05, 0) is 59.0 Å². The molecule has 0 spiro atoms. The van der Waals surface area contributed by atoms with Crippen molar-refractivity contribution in [3.8, 4) is 0 Å². The Labute approximate surface area is 129 Å². The molecule has 21 heavy (non-hydrogen) atoms. The molecule has 1 heterocycles. The summed E-state index contributed by atoms with van der Waals surface area (Å²) in [7, 11) is 0. The zero-order chi connectivity index (χ0) is 15.4. The van der Waals surface area contributed by atoms with Crippen molar-refractivity contribution < 1.29 is 4.74 Å². The van der Waals surface area contributed by atoms with Gasteiger partial charge in [-0.15, -0.1) is 0 Å². The minimum atomic E-state index is 0.366. The molecule has 0 amide bonds. The van der Waals surface area contributed by atoms with Crippen LogP contribution in [0, 0.1) is 0 Å². The van der Waals surface area contributed by atoms with Gasteiger partial charge in [0.25, 0.3) is 0 Å². The maximum Gasteiger partial charge on any atom is 0.0678 e. The third-order valence-electron chi connectivity index (χ3n) is 4.73. The molecule has 0 aromatic carbocycles. The zero-order valence-corrected chi connectivity index (χ0v) is 14.0. The fourth-order valence-electron chi connectivity index (χ4n) is 3.41. The largest absolute Gasteiger partial charge is 0.402 e. The molecule has 0 radical (unpaired) electrons. The molecule has 4 heteroatoms. The van der Waals surface area contributed by atoms with Crippen LogP contribution in [0.15, 0.2) is 16.3 Å². The van der Waals surface area contributed by atoms with Crippen molar-refractivity contribution in [2.24, 2.45) is 10.7 Å². The summed E-state index contributed by atoms with van der Waals surface area (Å²) in [5.41, 5.74) is 7.72. The molecule has 2 fully saturated rings. The van der Waals surface area contributed by atoms with E-state index >= 15 is 0 Å². The van der Waals surface area contributed by atoms with Crippen LogP contribution in [-0.4, -0.2) is 48.5 Å². The quantitative estimate of drug-likeness (QED) is 0.814. The maximum absolute atomic E-state index is 5.83. The lowest BCUT2D eigenvalue weighted by atomic mass is 9.90. The van der Waals surface area contributed by atoms with Gasteiger partial charge >= 0.3 is 0 Å². The first-order valence-electron chi connectivity index (χ1n) is 8.31. The lowest BCUT2D eigenvalue weighted by Gasteiger charge is -2.42. The van der Waals surface area contributed by atoms with E-state index in [0.717, 1.165) is 30.4 Å². The van der Waals surface area contributed by atoms with Crippen molar-refractivity contribution in [2.75, 3.05) is 13.1 Å². The Balaban J connectivity index is 1.82. The second-order valence-corrected chi connectivity index (χ2v) is 6.82. The summed E-state index contributed by atoms with van der Waals surface area (Å²) in [6.07, 6.45) is 7.59. The van der Waals surface area contributed by atoms with Gasteiger partial charge in [0.2, 0.25) is 0 Å². The van der Waals surface area contributed by atoms with Crippen LogP contribution in [0.3, 0.4) is 0 Å². The van der Waals surface area contributed by atoms with E-state index in [-0.39, 0.29) is 0 Å². The Morgan fingerprint density at radius 1 is 1.10 bits per heavy atom. The number of ether oxygens (including phenoxy) is 1. The highest BCUT2D eigenvalue weighted by Crippen LogP contribution is 2.27. The Bertz CT molecular complexity index is 383. The van der Waals surface area contributed by atoms with Crippen molar-refractivity contribution >= 4 is 6.21 Å². The summed E-state index contributed by atoms with van der Waals surface area (Å²) >= 11 is 0. The summed E-state index contributed by atoms with van der Waals surface area (Å²) in [5.74, 6) is 0. The maximum atomic E-state index is 5.83. The van der Waals surface area contributed by atoms with Crippen LogP contribution in [-0.2, 0) is 4.74 Å². The van der Waals surface area contributed by atoms with Gasteiger partial charge in [-0.25, -0.2) is 0 Å². The van der Waals surface area contributed by atoms with Gasteiger partial charge in [0.1, 0.15) is 0 Å². The third-order valence-corrected chi connectivity index (χ3v) is 4.73. The van der Waals surface area contributed by atoms with Crippen LogP contribution >= 0.6 is 0 Å². The molecule has 1 saturated heterocycles. The Kier molecular flexibility index (Phi) is 5.82. The Hall–Kier alpha value is -0.870. The van der Waals surface area contributed by atoms with E-state index in [4.69, 9.17) is 15.5 Å². The van der Waals surface area contributed by atoms with Crippen molar-refractivity contribution in [1.82, 2.24) is 4.90 Å².